The molecule has 0 aliphatic rings. The minimum absolute atomic E-state index is 0.0162. The van der Waals surface area contributed by atoms with E-state index >= 15 is 0 Å². The lowest BCUT2D eigenvalue weighted by molar-refractivity contribution is 0.0833. The Balaban J connectivity index is 4.71. The van der Waals surface area contributed by atoms with Crippen molar-refractivity contribution in [3.8, 4) is 6.07 Å². The van der Waals surface area contributed by atoms with Gasteiger partial charge in [0.05, 0.1) is 11.7 Å². The van der Waals surface area contributed by atoms with Crippen LogP contribution in [-0.2, 0) is 4.65 Å². The van der Waals surface area contributed by atoms with Gasteiger partial charge in [-0.15, -0.1) is 9.24 Å². The summed E-state index contributed by atoms with van der Waals surface area (Å²) in [6, 6.07) is 2.08. The monoisotopic (exact) mass is 263 g/mol. The Morgan fingerprint density at radius 3 is 2.28 bits per heavy atom. The van der Waals surface area contributed by atoms with Crippen LogP contribution < -0.4 is 0 Å². The van der Waals surface area contributed by atoms with E-state index in [4.69, 9.17) is 9.92 Å². The van der Waals surface area contributed by atoms with Crippen LogP contribution in [0, 0.1) is 11.3 Å². The van der Waals surface area contributed by atoms with Gasteiger partial charge in [0.25, 0.3) is 0 Å². The van der Waals surface area contributed by atoms with Crippen LogP contribution in [0.4, 0.5) is 0 Å². The van der Waals surface area contributed by atoms with E-state index in [0.29, 0.717) is 13.1 Å². The van der Waals surface area contributed by atoms with Crippen molar-refractivity contribution in [1.82, 2.24) is 0 Å². The predicted octanol–water partition coefficient (Wildman–Crippen LogP) is 3.33. The molecule has 0 fully saturated rings. The zero-order valence-corrected chi connectivity index (χ0v) is 13.2. The lowest BCUT2D eigenvalue weighted by atomic mass is 9.83. The van der Waals surface area contributed by atoms with E-state index in [0.717, 1.165) is 5.47 Å². The van der Waals surface area contributed by atoms with Crippen molar-refractivity contribution in [3.63, 3.8) is 0 Å². The fourth-order valence-corrected chi connectivity index (χ4v) is 0.977. The van der Waals surface area contributed by atoms with Crippen LogP contribution in [0.2, 0.25) is 0 Å². The van der Waals surface area contributed by atoms with Gasteiger partial charge in [0.1, 0.15) is 0 Å². The van der Waals surface area contributed by atoms with Gasteiger partial charge in [-0.1, -0.05) is 38.1 Å². The maximum absolute atomic E-state index is 8.68. The third-order valence-corrected chi connectivity index (χ3v) is 3.83. The molecule has 0 aromatic carbocycles. The molecule has 0 saturated heterocycles. The molecule has 0 aliphatic carbocycles. The lowest BCUT2D eigenvalue weighted by Gasteiger charge is -2.39. The van der Waals surface area contributed by atoms with Crippen molar-refractivity contribution in [2.24, 2.45) is 0 Å². The second kappa shape index (κ2) is 6.93. The minimum Gasteiger partial charge on any atom is -0.429 e. The number of rotatable bonds is 6. The molecule has 0 spiro atoms. The third-order valence-electron chi connectivity index (χ3n) is 3.14. The standard InChI is InChI=1S/C14H23BNOP/c1-7-12(9-8-11(2)10-16)15-17-13(3,4)14(5,6)18/h7-9,15H,1,18H2,2-6H3/b11-8+,12-9+. The lowest BCUT2D eigenvalue weighted by Crippen LogP contribution is -2.43. The van der Waals surface area contributed by atoms with Crippen molar-refractivity contribution in [2.45, 2.75) is 45.4 Å². The van der Waals surface area contributed by atoms with Crippen molar-refractivity contribution in [2.75, 3.05) is 0 Å². The Morgan fingerprint density at radius 1 is 1.33 bits per heavy atom. The van der Waals surface area contributed by atoms with Gasteiger partial charge in [-0.3, -0.25) is 0 Å². The first-order chi connectivity index (χ1) is 8.14. The molecular weight excluding hydrogens is 240 g/mol. The summed E-state index contributed by atoms with van der Waals surface area (Å²) >= 11 is 0. The molecule has 18 heavy (non-hydrogen) atoms. The molecule has 1 unspecified atom stereocenters. The third kappa shape index (κ3) is 5.67. The summed E-state index contributed by atoms with van der Waals surface area (Å²) in [6.45, 7) is 13.9. The highest BCUT2D eigenvalue weighted by Crippen LogP contribution is 2.33. The molecule has 98 valence electrons. The molecule has 0 aromatic rings. The number of nitrogens with zero attached hydrogens (tertiary/aromatic N) is 1. The zero-order valence-electron chi connectivity index (χ0n) is 12.1. The van der Waals surface area contributed by atoms with E-state index < -0.39 is 0 Å². The quantitative estimate of drug-likeness (QED) is 0.319. The van der Waals surface area contributed by atoms with Crippen LogP contribution in [0.25, 0.3) is 0 Å². The Kier molecular flexibility index (Phi) is 6.61. The van der Waals surface area contributed by atoms with Crippen LogP contribution in [0.3, 0.4) is 0 Å². The van der Waals surface area contributed by atoms with Crippen molar-refractivity contribution in [3.05, 3.63) is 35.9 Å². The first-order valence-corrected chi connectivity index (χ1v) is 6.54. The van der Waals surface area contributed by atoms with Crippen LogP contribution in [0.1, 0.15) is 34.6 Å². The van der Waals surface area contributed by atoms with Crippen molar-refractivity contribution >= 4 is 16.7 Å². The van der Waals surface area contributed by atoms with E-state index in [1.54, 1.807) is 19.1 Å². The van der Waals surface area contributed by atoms with Gasteiger partial charge in [-0.25, -0.2) is 0 Å². The average molecular weight is 263 g/mol. The van der Waals surface area contributed by atoms with Crippen molar-refractivity contribution in [1.29, 1.82) is 5.26 Å². The van der Waals surface area contributed by atoms with Gasteiger partial charge in [-0.05, 0) is 26.8 Å². The highest BCUT2D eigenvalue weighted by Gasteiger charge is 2.33. The van der Waals surface area contributed by atoms with E-state index in [9.17, 15) is 0 Å². The van der Waals surface area contributed by atoms with Gasteiger partial charge in [0.15, 0.2) is 0 Å². The zero-order chi connectivity index (χ0) is 14.4. The first-order valence-electron chi connectivity index (χ1n) is 5.97. The maximum Gasteiger partial charge on any atom is 0.309 e. The van der Waals surface area contributed by atoms with Crippen LogP contribution >= 0.6 is 9.24 Å². The van der Waals surface area contributed by atoms with E-state index in [1.165, 1.54) is 0 Å². The van der Waals surface area contributed by atoms with Gasteiger partial charge in [0.2, 0.25) is 0 Å². The van der Waals surface area contributed by atoms with Crippen LogP contribution in [0.15, 0.2) is 35.9 Å². The molecule has 0 rings (SSSR count). The van der Waals surface area contributed by atoms with Gasteiger partial charge >= 0.3 is 7.48 Å². The Bertz CT molecular complexity index is 397. The molecule has 2 nitrogen and oxygen atoms in total. The molecule has 0 saturated carbocycles. The number of allylic oxidation sites excluding steroid dienone is 5. The molecule has 0 radical (unpaired) electrons. The molecule has 0 aliphatic heterocycles. The minimum atomic E-state index is -0.256. The summed E-state index contributed by atoms with van der Waals surface area (Å²) in [5.74, 6) is 0. The number of hydrogen-bond acceptors (Lipinski definition) is 2. The molecular formula is C14H23BNOP. The Hall–Kier alpha value is -0.835. The summed E-state index contributed by atoms with van der Waals surface area (Å²) in [6.07, 6.45) is 5.41. The SMILES string of the molecule is C=C/C(BOC(C)(C)C(C)(C)P)=C\C=C(/C)C#N. The molecule has 1 atom stereocenters. The average Bonchev–Trinajstić information content (AvgIpc) is 2.27. The van der Waals surface area contributed by atoms with Gasteiger partial charge in [0, 0.05) is 10.7 Å². The highest BCUT2D eigenvalue weighted by atomic mass is 31.0. The van der Waals surface area contributed by atoms with Crippen molar-refractivity contribution < 1.29 is 4.65 Å². The Morgan fingerprint density at radius 2 is 1.89 bits per heavy atom. The second-order valence-electron chi connectivity index (χ2n) is 5.43. The normalized spacial score (nSPS) is 14.1. The van der Waals surface area contributed by atoms with Gasteiger partial charge in [-0.2, -0.15) is 5.26 Å². The fourth-order valence-electron chi connectivity index (χ4n) is 0.894. The summed E-state index contributed by atoms with van der Waals surface area (Å²) in [5.41, 5.74) is 1.38. The molecule has 0 bridgehead atoms. The second-order valence-corrected chi connectivity index (χ2v) is 6.87. The molecule has 0 amide bonds. The summed E-state index contributed by atoms with van der Waals surface area (Å²) in [7, 11) is 3.30. The van der Waals surface area contributed by atoms with E-state index in [1.807, 2.05) is 6.08 Å². The summed E-state index contributed by atoms with van der Waals surface area (Å²) in [5, 5.41) is 8.66. The maximum atomic E-state index is 8.68. The fraction of sp³-hybridized carbons (Fsp3) is 0.500. The predicted molar refractivity (Wildman–Crippen MR) is 83.8 cm³/mol. The topological polar surface area (TPSA) is 33.0 Å². The number of nitriles is 1. The molecule has 0 N–H and O–H groups in total. The van der Waals surface area contributed by atoms with Gasteiger partial charge < -0.3 is 4.65 Å². The largest absolute Gasteiger partial charge is 0.429 e. The summed E-state index contributed by atoms with van der Waals surface area (Å²) < 4.78 is 5.94. The molecule has 4 heteroatoms. The van der Waals surface area contributed by atoms with E-state index in [2.05, 4.69) is 49.6 Å². The van der Waals surface area contributed by atoms with E-state index in [-0.39, 0.29) is 10.8 Å². The highest BCUT2D eigenvalue weighted by molar-refractivity contribution is 7.19. The molecule has 0 aromatic heterocycles. The molecule has 0 heterocycles. The summed E-state index contributed by atoms with van der Waals surface area (Å²) in [4.78, 5) is 0. The Labute approximate surface area is 114 Å². The van der Waals surface area contributed by atoms with Crippen LogP contribution in [-0.4, -0.2) is 18.2 Å². The van der Waals surface area contributed by atoms with Crippen LogP contribution in [0.5, 0.6) is 0 Å². The number of hydrogen-bond donors (Lipinski definition) is 0. The smallest absolute Gasteiger partial charge is 0.309 e. The first kappa shape index (κ1) is 17.2.